The molecule has 0 spiro atoms. The summed E-state index contributed by atoms with van der Waals surface area (Å²) in [4.78, 5) is 4.29. The Morgan fingerprint density at radius 1 is 1.38 bits per heavy atom. The summed E-state index contributed by atoms with van der Waals surface area (Å²) in [6, 6.07) is 6.60. The lowest BCUT2D eigenvalue weighted by atomic mass is 10.2. The largest absolute Gasteiger partial charge is 0.358 e. The summed E-state index contributed by atoms with van der Waals surface area (Å²) in [5, 5.41) is 3.92. The molecule has 0 fully saturated rings. The van der Waals surface area contributed by atoms with Crippen LogP contribution in [0.4, 0.5) is 9.52 Å². The van der Waals surface area contributed by atoms with E-state index in [2.05, 4.69) is 14.7 Å². The predicted molar refractivity (Wildman–Crippen MR) is 64.1 cm³/mol. The molecule has 0 radical (unpaired) electrons. The number of nitrogens with one attached hydrogen (secondary N) is 1. The average molecular weight is 237 g/mol. The zero-order chi connectivity index (χ0) is 11.5. The molecule has 0 unspecified atom stereocenters. The molecule has 1 aromatic carbocycles. The van der Waals surface area contributed by atoms with E-state index in [4.69, 9.17) is 0 Å². The maximum absolute atomic E-state index is 13.0. The molecule has 0 aliphatic heterocycles. The number of benzene rings is 1. The molecule has 16 heavy (non-hydrogen) atoms. The van der Waals surface area contributed by atoms with Crippen molar-refractivity contribution in [1.82, 2.24) is 9.36 Å². The standard InChI is InChI=1S/C11H12FN3S/c1-7(2)13-11-14-10(15-16-11)8-4-3-5-9(12)6-8/h3-7H,1-2H3,(H,13,14,15). The van der Waals surface area contributed by atoms with Gasteiger partial charge in [0.15, 0.2) is 5.82 Å². The lowest BCUT2D eigenvalue weighted by Gasteiger charge is -2.03. The lowest BCUT2D eigenvalue weighted by molar-refractivity contribution is 0.628. The van der Waals surface area contributed by atoms with Gasteiger partial charge in [0, 0.05) is 23.1 Å². The van der Waals surface area contributed by atoms with Crippen LogP contribution in [0.5, 0.6) is 0 Å². The fraction of sp³-hybridized carbons (Fsp3) is 0.273. The van der Waals surface area contributed by atoms with Gasteiger partial charge in [-0.3, -0.25) is 0 Å². The van der Waals surface area contributed by atoms with Gasteiger partial charge in [0.2, 0.25) is 5.13 Å². The Morgan fingerprint density at radius 2 is 2.19 bits per heavy atom. The zero-order valence-corrected chi connectivity index (χ0v) is 9.88. The third-order valence-corrected chi connectivity index (χ3v) is 2.57. The first-order valence-corrected chi connectivity index (χ1v) is 5.78. The second-order valence-corrected chi connectivity index (χ2v) is 4.48. The molecule has 0 aliphatic carbocycles. The quantitative estimate of drug-likeness (QED) is 0.891. The van der Waals surface area contributed by atoms with Crippen LogP contribution in [0.15, 0.2) is 24.3 Å². The highest BCUT2D eigenvalue weighted by Gasteiger charge is 2.07. The van der Waals surface area contributed by atoms with Gasteiger partial charge in [-0.05, 0) is 26.0 Å². The second kappa shape index (κ2) is 4.57. The van der Waals surface area contributed by atoms with Crippen molar-refractivity contribution in [1.29, 1.82) is 0 Å². The SMILES string of the molecule is CC(C)Nc1nc(-c2cccc(F)c2)ns1. The van der Waals surface area contributed by atoms with Crippen molar-refractivity contribution in [3.05, 3.63) is 30.1 Å². The molecule has 2 rings (SSSR count). The normalized spacial score (nSPS) is 10.8. The van der Waals surface area contributed by atoms with Crippen LogP contribution in [0, 0.1) is 5.82 Å². The molecule has 2 aromatic rings. The van der Waals surface area contributed by atoms with E-state index in [1.54, 1.807) is 12.1 Å². The van der Waals surface area contributed by atoms with Gasteiger partial charge >= 0.3 is 0 Å². The summed E-state index contributed by atoms with van der Waals surface area (Å²) in [5.41, 5.74) is 0.702. The molecular formula is C11H12FN3S. The Labute approximate surface area is 97.5 Å². The Kier molecular flexibility index (Phi) is 3.14. The van der Waals surface area contributed by atoms with Crippen molar-refractivity contribution in [3.63, 3.8) is 0 Å². The molecule has 5 heteroatoms. The Hall–Kier alpha value is -1.49. The highest BCUT2D eigenvalue weighted by atomic mass is 32.1. The molecule has 1 N–H and O–H groups in total. The highest BCUT2D eigenvalue weighted by Crippen LogP contribution is 2.21. The summed E-state index contributed by atoms with van der Waals surface area (Å²) in [6.07, 6.45) is 0. The number of anilines is 1. The van der Waals surface area contributed by atoms with Crippen molar-refractivity contribution < 1.29 is 4.39 Å². The van der Waals surface area contributed by atoms with E-state index in [1.165, 1.54) is 23.7 Å². The summed E-state index contributed by atoms with van der Waals surface area (Å²) < 4.78 is 17.2. The van der Waals surface area contributed by atoms with E-state index >= 15 is 0 Å². The van der Waals surface area contributed by atoms with Crippen LogP contribution in [-0.2, 0) is 0 Å². The average Bonchev–Trinajstić information content (AvgIpc) is 2.65. The van der Waals surface area contributed by atoms with Gasteiger partial charge in [-0.1, -0.05) is 12.1 Å². The van der Waals surface area contributed by atoms with Crippen molar-refractivity contribution in [2.24, 2.45) is 0 Å². The zero-order valence-electron chi connectivity index (χ0n) is 9.07. The van der Waals surface area contributed by atoms with Crippen LogP contribution in [-0.4, -0.2) is 15.4 Å². The number of nitrogens with zero attached hydrogens (tertiary/aromatic N) is 2. The Bertz CT molecular complexity index is 482. The molecular weight excluding hydrogens is 225 g/mol. The molecule has 0 atom stereocenters. The number of aromatic nitrogens is 2. The van der Waals surface area contributed by atoms with Crippen molar-refractivity contribution in [3.8, 4) is 11.4 Å². The molecule has 3 nitrogen and oxygen atoms in total. The topological polar surface area (TPSA) is 37.8 Å². The van der Waals surface area contributed by atoms with E-state index in [0.29, 0.717) is 17.4 Å². The minimum atomic E-state index is -0.273. The van der Waals surface area contributed by atoms with Gasteiger partial charge in [0.25, 0.3) is 0 Å². The predicted octanol–water partition coefficient (Wildman–Crippen LogP) is 3.16. The lowest BCUT2D eigenvalue weighted by Crippen LogP contribution is -2.08. The number of hydrogen-bond acceptors (Lipinski definition) is 4. The van der Waals surface area contributed by atoms with Crippen LogP contribution in [0.3, 0.4) is 0 Å². The Morgan fingerprint density at radius 3 is 2.88 bits per heavy atom. The first-order chi connectivity index (χ1) is 7.65. The summed E-state index contributed by atoms with van der Waals surface area (Å²) >= 11 is 1.28. The first-order valence-electron chi connectivity index (χ1n) is 5.01. The summed E-state index contributed by atoms with van der Waals surface area (Å²) in [5.74, 6) is 0.290. The van der Waals surface area contributed by atoms with Gasteiger partial charge in [0.05, 0.1) is 0 Å². The monoisotopic (exact) mass is 237 g/mol. The maximum Gasteiger partial charge on any atom is 0.203 e. The molecule has 1 aromatic heterocycles. The second-order valence-electron chi connectivity index (χ2n) is 3.73. The number of rotatable bonds is 3. The first kappa shape index (κ1) is 11.0. The number of halogens is 1. The smallest absolute Gasteiger partial charge is 0.203 e. The van der Waals surface area contributed by atoms with Gasteiger partial charge in [0.1, 0.15) is 5.82 Å². The van der Waals surface area contributed by atoms with E-state index in [1.807, 2.05) is 13.8 Å². The minimum absolute atomic E-state index is 0.273. The fourth-order valence-electron chi connectivity index (χ4n) is 1.27. The third kappa shape index (κ3) is 2.55. The van der Waals surface area contributed by atoms with E-state index in [-0.39, 0.29) is 5.82 Å². The molecule has 0 bridgehead atoms. The maximum atomic E-state index is 13.0. The van der Waals surface area contributed by atoms with Crippen LogP contribution < -0.4 is 5.32 Å². The molecule has 0 aliphatic rings. The third-order valence-electron chi connectivity index (χ3n) is 1.92. The highest BCUT2D eigenvalue weighted by molar-refractivity contribution is 7.09. The number of hydrogen-bond donors (Lipinski definition) is 1. The molecule has 84 valence electrons. The summed E-state index contributed by atoms with van der Waals surface area (Å²) in [6.45, 7) is 4.06. The Balaban J connectivity index is 2.24. The molecule has 0 saturated carbocycles. The summed E-state index contributed by atoms with van der Waals surface area (Å²) in [7, 11) is 0. The molecule has 0 amide bonds. The van der Waals surface area contributed by atoms with Crippen molar-refractivity contribution >= 4 is 16.7 Å². The molecule has 1 heterocycles. The van der Waals surface area contributed by atoms with Crippen LogP contribution in [0.2, 0.25) is 0 Å². The van der Waals surface area contributed by atoms with Crippen LogP contribution in [0.25, 0.3) is 11.4 Å². The van der Waals surface area contributed by atoms with Gasteiger partial charge in [-0.2, -0.15) is 9.36 Å². The van der Waals surface area contributed by atoms with E-state index in [0.717, 1.165) is 5.13 Å². The van der Waals surface area contributed by atoms with Crippen molar-refractivity contribution in [2.75, 3.05) is 5.32 Å². The van der Waals surface area contributed by atoms with Crippen LogP contribution in [0.1, 0.15) is 13.8 Å². The van der Waals surface area contributed by atoms with E-state index in [9.17, 15) is 4.39 Å². The van der Waals surface area contributed by atoms with E-state index < -0.39 is 0 Å². The van der Waals surface area contributed by atoms with Gasteiger partial charge in [-0.25, -0.2) is 4.39 Å². The van der Waals surface area contributed by atoms with Gasteiger partial charge < -0.3 is 5.32 Å². The van der Waals surface area contributed by atoms with Crippen molar-refractivity contribution in [2.45, 2.75) is 19.9 Å². The minimum Gasteiger partial charge on any atom is -0.358 e. The fourth-order valence-corrected chi connectivity index (χ4v) is 2.01. The van der Waals surface area contributed by atoms with Crippen LogP contribution >= 0.6 is 11.5 Å². The van der Waals surface area contributed by atoms with Gasteiger partial charge in [-0.15, -0.1) is 0 Å². The molecule has 0 saturated heterocycles.